The molecule has 5 aromatic rings. The molecule has 0 aliphatic carbocycles. The van der Waals surface area contributed by atoms with Crippen molar-refractivity contribution in [2.75, 3.05) is 12.4 Å². The molecule has 9 nitrogen and oxygen atoms in total. The van der Waals surface area contributed by atoms with Crippen molar-refractivity contribution in [1.29, 1.82) is 0 Å². The Labute approximate surface area is 227 Å². The molecule has 0 fully saturated rings. The number of anilines is 1. The van der Waals surface area contributed by atoms with Gasteiger partial charge in [0, 0.05) is 0 Å². The normalized spacial score (nSPS) is 11.9. The molecule has 0 aliphatic rings. The number of aromatic nitrogens is 3. The van der Waals surface area contributed by atoms with Gasteiger partial charge in [-0.3, -0.25) is 0 Å². The quantitative estimate of drug-likeness (QED) is 0.131. The fourth-order valence-electron chi connectivity index (χ4n) is 3.57. The zero-order valence-electron chi connectivity index (χ0n) is 20.1. The maximum absolute atomic E-state index is 14.7. The number of rotatable bonds is 10. The topological polar surface area (TPSA) is 109 Å². The second-order valence-electron chi connectivity index (χ2n) is 7.93. The van der Waals surface area contributed by atoms with Crippen LogP contribution in [0.25, 0.3) is 11.6 Å². The highest BCUT2D eigenvalue weighted by molar-refractivity contribution is 9.10. The molecule has 0 amide bonds. The van der Waals surface area contributed by atoms with Crippen molar-refractivity contribution in [3.05, 3.63) is 113 Å². The fraction of sp³-hybridized carbons (Fsp3) is 0.0741. The minimum absolute atomic E-state index is 0.00291. The predicted molar refractivity (Wildman–Crippen MR) is 146 cm³/mol. The van der Waals surface area contributed by atoms with Crippen molar-refractivity contribution < 1.29 is 22.8 Å². The van der Waals surface area contributed by atoms with Crippen LogP contribution in [-0.2, 0) is 4.57 Å². The highest BCUT2D eigenvalue weighted by Crippen LogP contribution is 2.60. The fourth-order valence-corrected chi connectivity index (χ4v) is 5.78. The Hall–Kier alpha value is -4.14. The van der Waals surface area contributed by atoms with Gasteiger partial charge in [-0.25, -0.2) is 9.55 Å². The lowest BCUT2D eigenvalue weighted by Crippen LogP contribution is -2.18. The highest BCUT2D eigenvalue weighted by Gasteiger charge is 2.42. The van der Waals surface area contributed by atoms with E-state index in [9.17, 15) is 4.57 Å². The van der Waals surface area contributed by atoms with Crippen molar-refractivity contribution in [2.24, 2.45) is 0 Å². The molecule has 1 unspecified atom stereocenters. The van der Waals surface area contributed by atoms with E-state index >= 15 is 0 Å². The van der Waals surface area contributed by atoms with Gasteiger partial charge >= 0.3 is 13.6 Å². The van der Waals surface area contributed by atoms with Gasteiger partial charge in [0.2, 0.25) is 0 Å². The first kappa shape index (κ1) is 25.5. The Morgan fingerprint density at radius 3 is 2.08 bits per heavy atom. The van der Waals surface area contributed by atoms with Crippen LogP contribution >= 0.6 is 23.5 Å². The zero-order chi connectivity index (χ0) is 26.4. The third-order valence-electron chi connectivity index (χ3n) is 5.30. The molecule has 38 heavy (non-hydrogen) atoms. The standard InChI is InChI=1S/C27H22BrN4O5P/c1-34-22-15-8-10-19(18-22)26(30-27-32-31-25(35-27)23-16-9-17-24(28)29-23)38(33,36-20-11-4-2-5-12-20)37-21-13-6-3-7-14-21/h2-18,26H,1H3,(H,30,32). The van der Waals surface area contributed by atoms with Crippen LogP contribution in [0.15, 0.2) is 112 Å². The first-order valence-electron chi connectivity index (χ1n) is 11.5. The van der Waals surface area contributed by atoms with Gasteiger partial charge in [-0.05, 0) is 70.0 Å². The monoisotopic (exact) mass is 592 g/mol. The molecule has 3 aromatic carbocycles. The summed E-state index contributed by atoms with van der Waals surface area (Å²) in [7, 11) is -2.53. The summed E-state index contributed by atoms with van der Waals surface area (Å²) in [6, 6.07) is 30.0. The number of para-hydroxylation sites is 2. The number of pyridine rings is 1. The Morgan fingerprint density at radius 2 is 1.45 bits per heavy atom. The number of hydrogen-bond acceptors (Lipinski definition) is 9. The van der Waals surface area contributed by atoms with E-state index in [4.69, 9.17) is 18.2 Å². The number of ether oxygens (including phenoxy) is 1. The van der Waals surface area contributed by atoms with E-state index < -0.39 is 13.4 Å². The first-order chi connectivity index (χ1) is 18.5. The van der Waals surface area contributed by atoms with E-state index in [0.29, 0.717) is 33.1 Å². The minimum atomic E-state index is -4.08. The van der Waals surface area contributed by atoms with Gasteiger partial charge in [0.05, 0.1) is 7.11 Å². The van der Waals surface area contributed by atoms with Gasteiger partial charge in [0.15, 0.2) is 5.78 Å². The molecule has 2 aromatic heterocycles. The molecule has 0 radical (unpaired) electrons. The lowest BCUT2D eigenvalue weighted by Gasteiger charge is -2.28. The van der Waals surface area contributed by atoms with Gasteiger partial charge < -0.3 is 23.5 Å². The van der Waals surface area contributed by atoms with E-state index in [1.165, 1.54) is 0 Å². The maximum atomic E-state index is 14.7. The number of halogens is 1. The molecule has 0 saturated heterocycles. The molecular formula is C27H22BrN4O5P. The number of hydrogen-bond donors (Lipinski definition) is 1. The molecule has 0 spiro atoms. The van der Waals surface area contributed by atoms with Crippen LogP contribution in [0.2, 0.25) is 0 Å². The number of nitrogens with zero attached hydrogens (tertiary/aromatic N) is 3. The van der Waals surface area contributed by atoms with Gasteiger partial charge in [-0.2, -0.15) is 0 Å². The molecule has 1 atom stereocenters. The van der Waals surface area contributed by atoms with E-state index in [1.807, 2.05) is 12.1 Å². The van der Waals surface area contributed by atoms with Gasteiger partial charge in [0.25, 0.3) is 5.89 Å². The second-order valence-corrected chi connectivity index (χ2v) is 10.7. The third kappa shape index (κ3) is 6.04. The summed E-state index contributed by atoms with van der Waals surface area (Å²) in [4.78, 5) is 4.35. The van der Waals surface area contributed by atoms with Crippen LogP contribution in [0, 0.1) is 0 Å². The van der Waals surface area contributed by atoms with Crippen LogP contribution in [0.4, 0.5) is 6.01 Å². The molecule has 11 heteroatoms. The van der Waals surface area contributed by atoms with Gasteiger partial charge in [-0.15, -0.1) is 5.10 Å². The van der Waals surface area contributed by atoms with Crippen molar-refractivity contribution in [3.8, 4) is 28.8 Å². The average molecular weight is 593 g/mol. The summed E-state index contributed by atoms with van der Waals surface area (Å²) in [5.74, 6) is 0.407. The third-order valence-corrected chi connectivity index (χ3v) is 7.73. The second kappa shape index (κ2) is 11.5. The maximum Gasteiger partial charge on any atom is 0.457 e. The summed E-state index contributed by atoms with van der Waals surface area (Å²) in [5, 5.41) is 11.3. The van der Waals surface area contributed by atoms with Gasteiger partial charge in [0.1, 0.15) is 27.5 Å². The van der Waals surface area contributed by atoms with Crippen LogP contribution in [-0.4, -0.2) is 22.3 Å². The smallest absolute Gasteiger partial charge is 0.457 e. The summed E-state index contributed by atoms with van der Waals surface area (Å²) < 4.78 is 38.8. The highest BCUT2D eigenvalue weighted by atomic mass is 79.9. The molecule has 2 heterocycles. The van der Waals surface area contributed by atoms with E-state index in [0.717, 1.165) is 0 Å². The van der Waals surface area contributed by atoms with Crippen LogP contribution in [0.5, 0.6) is 17.2 Å². The predicted octanol–water partition coefficient (Wildman–Crippen LogP) is 7.36. The number of benzene rings is 3. The molecule has 5 rings (SSSR count). The van der Waals surface area contributed by atoms with Crippen molar-refractivity contribution in [1.82, 2.24) is 15.2 Å². The summed E-state index contributed by atoms with van der Waals surface area (Å²) >= 11 is 3.34. The Kier molecular flexibility index (Phi) is 7.72. The summed E-state index contributed by atoms with van der Waals surface area (Å²) in [5.41, 5.74) is 1.03. The molecule has 1 N–H and O–H groups in total. The Morgan fingerprint density at radius 1 is 0.816 bits per heavy atom. The van der Waals surface area contributed by atoms with Crippen molar-refractivity contribution in [3.63, 3.8) is 0 Å². The van der Waals surface area contributed by atoms with Crippen LogP contribution < -0.4 is 19.1 Å². The SMILES string of the molecule is COc1cccc(C(Nc2nnc(-c3cccc(Br)n3)o2)P(=O)(Oc2ccccc2)Oc2ccccc2)c1. The summed E-state index contributed by atoms with van der Waals surface area (Å²) in [6.07, 6.45) is 0. The van der Waals surface area contributed by atoms with Gasteiger partial charge in [-0.1, -0.05) is 59.7 Å². The lowest BCUT2D eigenvalue weighted by molar-refractivity contribution is 0.374. The first-order valence-corrected chi connectivity index (χ1v) is 13.9. The average Bonchev–Trinajstić information content (AvgIpc) is 3.42. The van der Waals surface area contributed by atoms with E-state index in [2.05, 4.69) is 36.4 Å². The molecule has 192 valence electrons. The molecule has 0 saturated carbocycles. The number of nitrogens with one attached hydrogen (secondary N) is 1. The molecule has 0 aliphatic heterocycles. The number of methoxy groups -OCH3 is 1. The van der Waals surface area contributed by atoms with E-state index in [-0.39, 0.29) is 11.9 Å². The molecular weight excluding hydrogens is 571 g/mol. The minimum Gasteiger partial charge on any atom is -0.497 e. The Bertz CT molecular complexity index is 1510. The molecule has 0 bridgehead atoms. The van der Waals surface area contributed by atoms with Crippen molar-refractivity contribution in [2.45, 2.75) is 5.78 Å². The lowest BCUT2D eigenvalue weighted by atomic mass is 10.2. The van der Waals surface area contributed by atoms with E-state index in [1.54, 1.807) is 98.1 Å². The largest absolute Gasteiger partial charge is 0.497 e. The summed E-state index contributed by atoms with van der Waals surface area (Å²) in [6.45, 7) is 0. The Balaban J connectivity index is 1.57. The zero-order valence-corrected chi connectivity index (χ0v) is 22.6. The van der Waals surface area contributed by atoms with Crippen LogP contribution in [0.3, 0.4) is 0 Å². The van der Waals surface area contributed by atoms with Crippen LogP contribution in [0.1, 0.15) is 11.3 Å². The van der Waals surface area contributed by atoms with Crippen molar-refractivity contribution >= 4 is 29.5 Å².